The third-order valence-electron chi connectivity index (χ3n) is 4.08. The highest BCUT2D eigenvalue weighted by molar-refractivity contribution is 5.80. The maximum absolute atomic E-state index is 12.1. The molecule has 116 valence electrons. The number of amides is 2. The average Bonchev–Trinajstić information content (AvgIpc) is 3.03. The van der Waals surface area contributed by atoms with Crippen molar-refractivity contribution in [2.75, 3.05) is 13.1 Å². The van der Waals surface area contributed by atoms with Gasteiger partial charge in [0.05, 0.1) is 12.0 Å². The molecule has 0 saturated carbocycles. The van der Waals surface area contributed by atoms with E-state index in [-0.39, 0.29) is 25.0 Å². The molecule has 1 atom stereocenters. The lowest BCUT2D eigenvalue weighted by Crippen LogP contribution is -2.43. The lowest BCUT2D eigenvalue weighted by molar-refractivity contribution is -0.150. The Hall–Kier alpha value is -2.12. The highest BCUT2D eigenvalue weighted by Gasteiger charge is 2.48. The standard InChI is InChI=1S/C13H20N4O4/c1-8(2)13(11(18)19)4-5-17(7-13)12(20)14-6-10-15-9(3)16-21-10/h8H,4-7H2,1-3H3,(H,14,20)(H,18,19). The van der Waals surface area contributed by atoms with Crippen LogP contribution in [-0.4, -0.2) is 45.2 Å². The first kappa shape index (κ1) is 15.3. The van der Waals surface area contributed by atoms with Gasteiger partial charge in [-0.05, 0) is 19.3 Å². The van der Waals surface area contributed by atoms with Gasteiger partial charge >= 0.3 is 12.0 Å². The van der Waals surface area contributed by atoms with Gasteiger partial charge in [-0.15, -0.1) is 0 Å². The summed E-state index contributed by atoms with van der Waals surface area (Å²) >= 11 is 0. The number of likely N-dealkylation sites (tertiary alicyclic amines) is 1. The molecular weight excluding hydrogens is 276 g/mol. The maximum Gasteiger partial charge on any atom is 0.317 e. The lowest BCUT2D eigenvalue weighted by Gasteiger charge is -2.28. The fourth-order valence-corrected chi connectivity index (χ4v) is 2.57. The predicted molar refractivity (Wildman–Crippen MR) is 72.4 cm³/mol. The first-order chi connectivity index (χ1) is 9.85. The highest BCUT2D eigenvalue weighted by atomic mass is 16.5. The molecule has 0 bridgehead atoms. The number of carbonyl (C=O) groups is 2. The second-order valence-corrected chi connectivity index (χ2v) is 5.68. The molecule has 21 heavy (non-hydrogen) atoms. The van der Waals surface area contributed by atoms with Gasteiger partial charge < -0.3 is 19.8 Å². The minimum Gasteiger partial charge on any atom is -0.481 e. The van der Waals surface area contributed by atoms with Crippen molar-refractivity contribution in [3.05, 3.63) is 11.7 Å². The zero-order valence-corrected chi connectivity index (χ0v) is 12.4. The van der Waals surface area contributed by atoms with Crippen LogP contribution in [0.4, 0.5) is 4.79 Å². The van der Waals surface area contributed by atoms with E-state index in [1.54, 1.807) is 6.92 Å². The summed E-state index contributed by atoms with van der Waals surface area (Å²) in [5, 5.41) is 15.8. The first-order valence-electron chi connectivity index (χ1n) is 6.90. The molecule has 0 aliphatic carbocycles. The lowest BCUT2D eigenvalue weighted by atomic mass is 9.76. The summed E-state index contributed by atoms with van der Waals surface area (Å²) in [5.41, 5.74) is -0.863. The van der Waals surface area contributed by atoms with Crippen LogP contribution < -0.4 is 5.32 Å². The summed E-state index contributed by atoms with van der Waals surface area (Å²) in [7, 11) is 0. The van der Waals surface area contributed by atoms with Crippen LogP contribution in [0.5, 0.6) is 0 Å². The van der Waals surface area contributed by atoms with Crippen LogP contribution in [0.15, 0.2) is 4.52 Å². The van der Waals surface area contributed by atoms with E-state index in [1.165, 1.54) is 4.90 Å². The van der Waals surface area contributed by atoms with E-state index in [1.807, 2.05) is 13.8 Å². The maximum atomic E-state index is 12.1. The number of carboxylic acids is 1. The van der Waals surface area contributed by atoms with Crippen molar-refractivity contribution in [2.24, 2.45) is 11.3 Å². The molecule has 1 fully saturated rings. The number of hydrogen-bond donors (Lipinski definition) is 2. The number of rotatable bonds is 4. The minimum atomic E-state index is -0.863. The monoisotopic (exact) mass is 296 g/mol. The molecule has 2 amide bonds. The summed E-state index contributed by atoms with van der Waals surface area (Å²) < 4.78 is 4.91. The van der Waals surface area contributed by atoms with E-state index in [0.717, 1.165) is 0 Å². The number of carbonyl (C=O) groups excluding carboxylic acids is 1. The second-order valence-electron chi connectivity index (χ2n) is 5.68. The fraction of sp³-hybridized carbons (Fsp3) is 0.692. The molecule has 2 N–H and O–H groups in total. The fourth-order valence-electron chi connectivity index (χ4n) is 2.57. The van der Waals surface area contributed by atoms with Gasteiger partial charge in [0, 0.05) is 13.1 Å². The number of aromatic nitrogens is 2. The van der Waals surface area contributed by atoms with Gasteiger partial charge in [-0.1, -0.05) is 19.0 Å². The van der Waals surface area contributed by atoms with Crippen LogP contribution in [0.3, 0.4) is 0 Å². The third kappa shape index (κ3) is 2.98. The number of nitrogens with one attached hydrogen (secondary N) is 1. The zero-order chi connectivity index (χ0) is 15.6. The molecule has 0 aromatic carbocycles. The molecule has 8 heteroatoms. The average molecular weight is 296 g/mol. The molecule has 1 saturated heterocycles. The second kappa shape index (κ2) is 5.71. The van der Waals surface area contributed by atoms with Crippen molar-refractivity contribution in [3.63, 3.8) is 0 Å². The van der Waals surface area contributed by atoms with Crippen LogP contribution in [-0.2, 0) is 11.3 Å². The quantitative estimate of drug-likeness (QED) is 0.858. The van der Waals surface area contributed by atoms with Gasteiger partial charge in [-0.25, -0.2) is 4.79 Å². The van der Waals surface area contributed by atoms with Gasteiger partial charge in [0.1, 0.15) is 0 Å². The number of urea groups is 1. The summed E-state index contributed by atoms with van der Waals surface area (Å²) in [6.45, 7) is 6.22. The largest absolute Gasteiger partial charge is 0.481 e. The Morgan fingerprint density at radius 2 is 2.24 bits per heavy atom. The Balaban J connectivity index is 1.94. The van der Waals surface area contributed by atoms with Crippen molar-refractivity contribution < 1.29 is 19.2 Å². The van der Waals surface area contributed by atoms with Crippen molar-refractivity contribution in [1.82, 2.24) is 20.4 Å². The van der Waals surface area contributed by atoms with Gasteiger partial charge in [-0.3, -0.25) is 4.79 Å². The van der Waals surface area contributed by atoms with E-state index in [0.29, 0.717) is 24.7 Å². The predicted octanol–water partition coefficient (Wildman–Crippen LogP) is 1.02. The summed E-state index contributed by atoms with van der Waals surface area (Å²) in [4.78, 5) is 29.1. The molecule has 0 spiro atoms. The number of aliphatic carboxylic acids is 1. The topological polar surface area (TPSA) is 109 Å². The molecule has 2 heterocycles. The number of hydrogen-bond acceptors (Lipinski definition) is 5. The van der Waals surface area contributed by atoms with Crippen LogP contribution in [0, 0.1) is 18.3 Å². The SMILES string of the molecule is Cc1noc(CNC(=O)N2CCC(C(=O)O)(C(C)C)C2)n1. The van der Waals surface area contributed by atoms with Crippen molar-refractivity contribution in [1.29, 1.82) is 0 Å². The Labute approximate surface area is 122 Å². The molecule has 1 unspecified atom stereocenters. The minimum absolute atomic E-state index is 0.0357. The number of carboxylic acid groups (broad SMARTS) is 1. The third-order valence-corrected chi connectivity index (χ3v) is 4.08. The van der Waals surface area contributed by atoms with Crippen molar-refractivity contribution in [3.8, 4) is 0 Å². The van der Waals surface area contributed by atoms with Gasteiger partial charge in [0.15, 0.2) is 5.82 Å². The van der Waals surface area contributed by atoms with Gasteiger partial charge in [-0.2, -0.15) is 4.98 Å². The number of nitrogens with zero attached hydrogens (tertiary/aromatic N) is 3. The van der Waals surface area contributed by atoms with Crippen molar-refractivity contribution >= 4 is 12.0 Å². The molecule has 1 aromatic heterocycles. The summed E-state index contributed by atoms with van der Waals surface area (Å²) in [6.07, 6.45) is 0.465. The smallest absolute Gasteiger partial charge is 0.317 e. The first-order valence-corrected chi connectivity index (χ1v) is 6.90. The van der Waals surface area contributed by atoms with E-state index in [9.17, 15) is 14.7 Å². The normalized spacial score (nSPS) is 21.8. The van der Waals surface area contributed by atoms with E-state index < -0.39 is 11.4 Å². The molecule has 8 nitrogen and oxygen atoms in total. The van der Waals surface area contributed by atoms with Crippen LogP contribution >= 0.6 is 0 Å². The Morgan fingerprint density at radius 3 is 2.71 bits per heavy atom. The van der Waals surface area contributed by atoms with Crippen molar-refractivity contribution in [2.45, 2.75) is 33.7 Å². The summed E-state index contributed by atoms with van der Waals surface area (Å²) in [5.74, 6) is -0.0507. The molecule has 0 radical (unpaired) electrons. The van der Waals surface area contributed by atoms with Gasteiger partial charge in [0.25, 0.3) is 0 Å². The molecule has 1 aromatic rings. The zero-order valence-electron chi connectivity index (χ0n) is 12.4. The Bertz CT molecular complexity index is 542. The van der Waals surface area contributed by atoms with Gasteiger partial charge in [0.2, 0.25) is 5.89 Å². The highest BCUT2D eigenvalue weighted by Crippen LogP contribution is 2.38. The Morgan fingerprint density at radius 1 is 1.52 bits per heavy atom. The van der Waals surface area contributed by atoms with Crippen LogP contribution in [0.2, 0.25) is 0 Å². The van der Waals surface area contributed by atoms with E-state index in [2.05, 4.69) is 15.5 Å². The Kier molecular flexibility index (Phi) is 4.15. The van der Waals surface area contributed by atoms with E-state index >= 15 is 0 Å². The molecule has 1 aliphatic rings. The molecule has 1 aliphatic heterocycles. The van der Waals surface area contributed by atoms with Crippen LogP contribution in [0.1, 0.15) is 32.0 Å². The van der Waals surface area contributed by atoms with Crippen LogP contribution in [0.25, 0.3) is 0 Å². The summed E-state index contributed by atoms with van der Waals surface area (Å²) in [6, 6.07) is -0.311. The molecule has 2 rings (SSSR count). The number of aryl methyl sites for hydroxylation is 1. The molecular formula is C13H20N4O4. The van der Waals surface area contributed by atoms with E-state index in [4.69, 9.17) is 4.52 Å².